The summed E-state index contributed by atoms with van der Waals surface area (Å²) in [5, 5.41) is 11.0. The molecule has 0 spiro atoms. The lowest BCUT2D eigenvalue weighted by atomic mass is 9.74. The summed E-state index contributed by atoms with van der Waals surface area (Å²) < 4.78 is 7.09. The van der Waals surface area contributed by atoms with Gasteiger partial charge in [0.1, 0.15) is 6.54 Å². The number of nitrogens with one attached hydrogen (secondary N) is 1. The number of carbonyl (C=O) groups is 2. The third kappa shape index (κ3) is 5.10. The molecular formula is C28H37N4O3+. The number of amides is 1. The first kappa shape index (κ1) is 23.9. The second-order valence-corrected chi connectivity index (χ2v) is 10.9. The van der Waals surface area contributed by atoms with Crippen LogP contribution in [0.1, 0.15) is 62.6 Å². The first-order valence-electron chi connectivity index (χ1n) is 13.2. The van der Waals surface area contributed by atoms with Gasteiger partial charge in [-0.3, -0.25) is 9.59 Å². The number of piperidine rings is 3. The third-order valence-electron chi connectivity index (χ3n) is 8.52. The lowest BCUT2D eigenvalue weighted by molar-refractivity contribution is -0.939. The van der Waals surface area contributed by atoms with Crippen molar-refractivity contribution in [1.82, 2.24) is 10.2 Å². The molecule has 1 amide bonds. The number of fused-ring (bicyclic) bond motifs is 3. The maximum Gasteiger partial charge on any atom is 0.317 e. The Balaban J connectivity index is 1.29. The topological polar surface area (TPSA) is 81.2 Å². The number of rotatable bonds is 6. The number of aromatic nitrogens is 2. The lowest BCUT2D eigenvalue weighted by Crippen LogP contribution is -2.66. The van der Waals surface area contributed by atoms with Crippen molar-refractivity contribution in [3.63, 3.8) is 0 Å². The van der Waals surface area contributed by atoms with Crippen LogP contribution in [0.3, 0.4) is 0 Å². The van der Waals surface area contributed by atoms with E-state index in [4.69, 9.17) is 4.74 Å². The van der Waals surface area contributed by atoms with E-state index in [9.17, 15) is 9.59 Å². The van der Waals surface area contributed by atoms with Crippen LogP contribution in [0.25, 0.3) is 0 Å². The zero-order valence-electron chi connectivity index (χ0n) is 20.7. The second kappa shape index (κ2) is 10.1. The third-order valence-corrected chi connectivity index (χ3v) is 8.52. The normalized spacial score (nSPS) is 27.6. The number of carbonyl (C=O) groups excluding carboxylic acids is 2. The van der Waals surface area contributed by atoms with E-state index >= 15 is 0 Å². The predicted molar refractivity (Wildman–Crippen MR) is 134 cm³/mol. The van der Waals surface area contributed by atoms with Crippen LogP contribution in [0.4, 0.5) is 5.82 Å². The van der Waals surface area contributed by atoms with Crippen molar-refractivity contribution in [2.75, 3.05) is 31.5 Å². The van der Waals surface area contributed by atoms with Gasteiger partial charge >= 0.3 is 5.97 Å². The van der Waals surface area contributed by atoms with Crippen molar-refractivity contribution in [2.24, 2.45) is 5.92 Å². The Morgan fingerprint density at radius 2 is 1.71 bits per heavy atom. The zero-order valence-corrected chi connectivity index (χ0v) is 20.7. The Labute approximate surface area is 207 Å². The summed E-state index contributed by atoms with van der Waals surface area (Å²) in [5.41, 5.74) is 1.36. The van der Waals surface area contributed by atoms with Crippen LogP contribution in [-0.2, 0) is 19.7 Å². The molecule has 3 saturated heterocycles. The largest absolute Gasteiger partial charge is 0.455 e. The van der Waals surface area contributed by atoms with E-state index in [-0.39, 0.29) is 18.0 Å². The number of benzene rings is 1. The minimum Gasteiger partial charge on any atom is -0.455 e. The molecule has 1 unspecified atom stereocenters. The van der Waals surface area contributed by atoms with E-state index in [1.807, 2.05) is 31.2 Å². The molecule has 35 heavy (non-hydrogen) atoms. The fourth-order valence-corrected chi connectivity index (χ4v) is 6.48. The molecule has 1 saturated carbocycles. The van der Waals surface area contributed by atoms with Crippen molar-refractivity contribution < 1.29 is 18.8 Å². The van der Waals surface area contributed by atoms with Gasteiger partial charge in [0, 0.05) is 18.8 Å². The Kier molecular flexibility index (Phi) is 6.87. The van der Waals surface area contributed by atoms with Crippen molar-refractivity contribution in [3.05, 3.63) is 53.7 Å². The van der Waals surface area contributed by atoms with Gasteiger partial charge in [0.05, 0.1) is 24.2 Å². The lowest BCUT2D eigenvalue weighted by Gasteiger charge is -2.52. The van der Waals surface area contributed by atoms with Crippen LogP contribution < -0.4 is 5.32 Å². The minimum absolute atomic E-state index is 0.0538. The maximum absolute atomic E-state index is 13.9. The summed E-state index contributed by atoms with van der Waals surface area (Å²) in [4.78, 5) is 26.8. The number of aryl methyl sites for hydroxylation is 1. The number of esters is 1. The number of hydrogen-bond acceptors (Lipinski definition) is 5. The molecule has 4 aliphatic rings. The minimum atomic E-state index is -0.546. The molecule has 3 aliphatic heterocycles. The van der Waals surface area contributed by atoms with Gasteiger partial charge in [-0.1, -0.05) is 56.0 Å². The molecule has 1 N–H and O–H groups in total. The van der Waals surface area contributed by atoms with Gasteiger partial charge in [-0.15, -0.1) is 5.10 Å². The van der Waals surface area contributed by atoms with Crippen molar-refractivity contribution in [2.45, 2.75) is 69.8 Å². The van der Waals surface area contributed by atoms with E-state index in [1.165, 1.54) is 12.8 Å². The average Bonchev–Trinajstić information content (AvgIpc) is 3.14. The Morgan fingerprint density at radius 1 is 1.00 bits per heavy atom. The number of ether oxygens (including phenoxy) is 1. The first-order chi connectivity index (χ1) is 17.0. The quantitative estimate of drug-likeness (QED) is 0.384. The number of hydrogen-bond donors (Lipinski definition) is 1. The molecule has 2 aromatic rings. The number of nitrogens with zero attached hydrogens (tertiary/aromatic N) is 3. The van der Waals surface area contributed by atoms with Crippen molar-refractivity contribution in [3.8, 4) is 0 Å². The van der Waals surface area contributed by atoms with Crippen LogP contribution in [0.15, 0.2) is 42.5 Å². The van der Waals surface area contributed by atoms with Gasteiger partial charge in [-0.05, 0) is 37.5 Å². The molecule has 2 bridgehead atoms. The molecule has 1 atom stereocenters. The van der Waals surface area contributed by atoms with E-state index in [1.54, 1.807) is 6.07 Å². The van der Waals surface area contributed by atoms with Crippen LogP contribution in [-0.4, -0.2) is 58.8 Å². The SMILES string of the molecule is Cc1ccc(NC(=O)C[N+]23CCC(CC2)C(OC(=O)C2(c4ccccc4)CCCCCC2)C3)nn1. The van der Waals surface area contributed by atoms with Crippen molar-refractivity contribution >= 4 is 17.7 Å². The number of quaternary nitrogens is 1. The summed E-state index contributed by atoms with van der Waals surface area (Å²) in [5.74, 6) is 0.760. The molecule has 186 valence electrons. The van der Waals surface area contributed by atoms with E-state index in [0.717, 1.165) is 62.9 Å². The van der Waals surface area contributed by atoms with E-state index in [2.05, 4.69) is 27.6 Å². The van der Waals surface area contributed by atoms with Crippen molar-refractivity contribution in [1.29, 1.82) is 0 Å². The molecule has 1 aromatic carbocycles. The Hall–Kier alpha value is -2.80. The smallest absolute Gasteiger partial charge is 0.317 e. The molecule has 1 aliphatic carbocycles. The fraction of sp³-hybridized carbons (Fsp3) is 0.571. The van der Waals surface area contributed by atoms with Gasteiger partial charge in [0.25, 0.3) is 5.91 Å². The van der Waals surface area contributed by atoms with Crippen LogP contribution >= 0.6 is 0 Å². The van der Waals surface area contributed by atoms with E-state index in [0.29, 0.717) is 29.3 Å². The van der Waals surface area contributed by atoms with Gasteiger partial charge in [0.2, 0.25) is 0 Å². The van der Waals surface area contributed by atoms with Gasteiger partial charge < -0.3 is 14.5 Å². The Bertz CT molecular complexity index is 1020. The molecular weight excluding hydrogens is 440 g/mol. The summed E-state index contributed by atoms with van der Waals surface area (Å²) in [6.07, 6.45) is 8.03. The number of anilines is 1. The van der Waals surface area contributed by atoms with Gasteiger partial charge in [-0.25, -0.2) is 0 Å². The summed E-state index contributed by atoms with van der Waals surface area (Å²) >= 11 is 0. The first-order valence-corrected chi connectivity index (χ1v) is 13.2. The molecule has 4 heterocycles. The Morgan fingerprint density at radius 3 is 2.37 bits per heavy atom. The summed E-state index contributed by atoms with van der Waals surface area (Å²) in [6, 6.07) is 13.9. The van der Waals surface area contributed by atoms with Gasteiger partial charge in [-0.2, -0.15) is 5.10 Å². The van der Waals surface area contributed by atoms with Crippen LogP contribution in [0.2, 0.25) is 0 Å². The standard InChI is InChI=1S/C28H36N4O3/c1-21-11-12-25(31-30-21)29-26(33)20-32-17-13-22(14-18-32)24(19-32)35-27(34)28(15-7-2-3-8-16-28)23-9-5-4-6-10-23/h4-6,9-12,22,24H,2-3,7-8,13-20H2,1H3/p+1. The molecule has 7 heteroatoms. The van der Waals surface area contributed by atoms with E-state index < -0.39 is 5.41 Å². The predicted octanol–water partition coefficient (Wildman–Crippen LogP) is 4.17. The molecule has 6 rings (SSSR count). The summed E-state index contributed by atoms with van der Waals surface area (Å²) in [6.45, 7) is 4.87. The monoisotopic (exact) mass is 477 g/mol. The molecule has 1 aromatic heterocycles. The second-order valence-electron chi connectivity index (χ2n) is 10.9. The van der Waals surface area contributed by atoms with Crippen LogP contribution in [0.5, 0.6) is 0 Å². The van der Waals surface area contributed by atoms with Gasteiger partial charge in [0.15, 0.2) is 18.5 Å². The highest BCUT2D eigenvalue weighted by Gasteiger charge is 2.51. The van der Waals surface area contributed by atoms with Crippen LogP contribution in [0, 0.1) is 12.8 Å². The average molecular weight is 478 g/mol. The molecule has 7 nitrogen and oxygen atoms in total. The fourth-order valence-electron chi connectivity index (χ4n) is 6.48. The highest BCUT2D eigenvalue weighted by atomic mass is 16.5. The maximum atomic E-state index is 13.9. The summed E-state index contributed by atoms with van der Waals surface area (Å²) in [7, 11) is 0. The zero-order chi connectivity index (χ0) is 24.3. The molecule has 0 radical (unpaired) electrons. The highest BCUT2D eigenvalue weighted by Crippen LogP contribution is 2.42. The highest BCUT2D eigenvalue weighted by molar-refractivity contribution is 5.90. The molecule has 4 fully saturated rings.